The molecule has 10 heteroatoms. The number of aryl methyl sites for hydroxylation is 1. The Morgan fingerprint density at radius 2 is 1.88 bits per heavy atom. The van der Waals surface area contributed by atoms with Gasteiger partial charge in [0.1, 0.15) is 17.9 Å². The Hall–Kier alpha value is -3.40. The van der Waals surface area contributed by atoms with E-state index in [9.17, 15) is 18.0 Å². The van der Waals surface area contributed by atoms with Crippen molar-refractivity contribution in [1.29, 1.82) is 0 Å². The third-order valence-corrected chi connectivity index (χ3v) is 9.33. The minimum atomic E-state index is -4.57. The second-order valence-corrected chi connectivity index (χ2v) is 12.1. The molecule has 1 aromatic heterocycles. The van der Waals surface area contributed by atoms with Crippen molar-refractivity contribution in [1.82, 2.24) is 20.1 Å². The van der Waals surface area contributed by atoms with Crippen molar-refractivity contribution < 1.29 is 22.7 Å². The summed E-state index contributed by atoms with van der Waals surface area (Å²) in [6.07, 6.45) is 3.65. The van der Waals surface area contributed by atoms with Crippen LogP contribution >= 0.6 is 0 Å². The van der Waals surface area contributed by atoms with Gasteiger partial charge in [-0.1, -0.05) is 18.9 Å². The fourth-order valence-electron chi connectivity index (χ4n) is 6.80. The van der Waals surface area contributed by atoms with E-state index in [2.05, 4.69) is 28.5 Å². The molecule has 0 radical (unpaired) electrons. The number of fused-ring (bicyclic) bond motifs is 2. The van der Waals surface area contributed by atoms with Gasteiger partial charge in [0.25, 0.3) is 5.91 Å². The van der Waals surface area contributed by atoms with E-state index in [-0.39, 0.29) is 35.2 Å². The predicted octanol–water partition coefficient (Wildman–Crippen LogP) is 5.43. The fourth-order valence-corrected chi connectivity index (χ4v) is 6.80. The van der Waals surface area contributed by atoms with E-state index in [0.717, 1.165) is 55.5 Å². The molecule has 4 aliphatic rings. The molecule has 3 heterocycles. The van der Waals surface area contributed by atoms with Crippen molar-refractivity contribution in [2.75, 3.05) is 11.5 Å². The zero-order valence-corrected chi connectivity index (χ0v) is 22.7. The van der Waals surface area contributed by atoms with Crippen molar-refractivity contribution in [2.24, 2.45) is 7.05 Å². The molecule has 0 unspecified atom stereocenters. The van der Waals surface area contributed by atoms with Gasteiger partial charge in [0.15, 0.2) is 0 Å². The molecule has 2 aliphatic carbocycles. The average molecular weight is 552 g/mol. The van der Waals surface area contributed by atoms with Gasteiger partial charge in [-0.25, -0.2) is 0 Å². The van der Waals surface area contributed by atoms with E-state index < -0.39 is 17.6 Å². The van der Waals surface area contributed by atoms with Crippen LogP contribution in [0.2, 0.25) is 0 Å². The minimum absolute atomic E-state index is 0.0277. The van der Waals surface area contributed by atoms with Gasteiger partial charge in [-0.05, 0) is 73.1 Å². The minimum Gasteiger partial charge on any atom is -0.491 e. The Kier molecular flexibility index (Phi) is 5.62. The number of carbonyl (C=O) groups excluding carboxylic acids is 1. The highest BCUT2D eigenvalue weighted by molar-refractivity contribution is 6.11. The molecule has 2 saturated carbocycles. The summed E-state index contributed by atoms with van der Waals surface area (Å²) in [5, 5.41) is 12.0. The van der Waals surface area contributed by atoms with E-state index in [0.29, 0.717) is 30.0 Å². The van der Waals surface area contributed by atoms with Crippen LogP contribution in [0.25, 0.3) is 0 Å². The quantitative estimate of drug-likeness (QED) is 0.442. The third kappa shape index (κ3) is 4.02. The van der Waals surface area contributed by atoms with Gasteiger partial charge in [-0.15, -0.1) is 10.2 Å². The molecular formula is C30H32F3N5O2. The molecule has 3 aromatic rings. The summed E-state index contributed by atoms with van der Waals surface area (Å²) in [6, 6.07) is 6.93. The van der Waals surface area contributed by atoms with Crippen LogP contribution in [0.15, 0.2) is 30.6 Å². The second kappa shape index (κ2) is 8.80. The number of rotatable bonds is 6. The van der Waals surface area contributed by atoms with Crippen LogP contribution in [0.4, 0.5) is 18.9 Å². The van der Waals surface area contributed by atoms with Crippen LogP contribution in [-0.4, -0.2) is 32.8 Å². The molecule has 0 atom stereocenters. The Morgan fingerprint density at radius 1 is 1.10 bits per heavy atom. The summed E-state index contributed by atoms with van der Waals surface area (Å²) in [5.74, 6) is 1.04. The Morgan fingerprint density at radius 3 is 2.55 bits per heavy atom. The number of halogens is 3. The molecule has 40 heavy (non-hydrogen) atoms. The Balaban J connectivity index is 1.32. The summed E-state index contributed by atoms with van der Waals surface area (Å²) in [4.78, 5) is 15.4. The molecule has 0 bridgehead atoms. The molecule has 0 saturated heterocycles. The van der Waals surface area contributed by atoms with Gasteiger partial charge in [0.2, 0.25) is 0 Å². The Labute approximate surface area is 230 Å². The molecule has 7 nitrogen and oxygen atoms in total. The van der Waals surface area contributed by atoms with E-state index in [4.69, 9.17) is 4.74 Å². The smallest absolute Gasteiger partial charge is 0.416 e. The monoisotopic (exact) mass is 551 g/mol. The number of alkyl halides is 3. The number of nitrogens with one attached hydrogen (secondary N) is 1. The lowest BCUT2D eigenvalue weighted by Gasteiger charge is -2.30. The van der Waals surface area contributed by atoms with Gasteiger partial charge >= 0.3 is 6.18 Å². The van der Waals surface area contributed by atoms with Crippen LogP contribution in [0.5, 0.6) is 5.75 Å². The molecule has 210 valence electrons. The van der Waals surface area contributed by atoms with Gasteiger partial charge in [-0.2, -0.15) is 13.2 Å². The standard InChI is InChI=1S/C30H32F3N5O2/c1-28(8-9-28)34-15-18-11-21-22(23(12-18)30(31,32)33)16-38(26(21)39)24-14-20(13-19-5-10-40-25(19)24)29(6-3-4-7-29)27-36-35-17-37(27)2/h11-14,17,34H,3-10,15-16H2,1-2H3. The number of aromatic nitrogens is 3. The highest BCUT2D eigenvalue weighted by Crippen LogP contribution is 2.50. The summed E-state index contributed by atoms with van der Waals surface area (Å²) >= 11 is 0. The number of ether oxygens (including phenoxy) is 1. The van der Waals surface area contributed by atoms with Gasteiger partial charge in [0, 0.05) is 31.1 Å². The van der Waals surface area contributed by atoms with Crippen LogP contribution in [-0.2, 0) is 38.1 Å². The molecule has 0 spiro atoms. The maximum atomic E-state index is 14.3. The first-order chi connectivity index (χ1) is 19.1. The second-order valence-electron chi connectivity index (χ2n) is 12.1. The van der Waals surface area contributed by atoms with Gasteiger partial charge < -0.3 is 19.5 Å². The summed E-state index contributed by atoms with van der Waals surface area (Å²) in [6.45, 7) is 2.67. The summed E-state index contributed by atoms with van der Waals surface area (Å²) in [5.41, 5.74) is 2.00. The number of anilines is 1. The fraction of sp³-hybridized carbons (Fsp3) is 0.500. The summed E-state index contributed by atoms with van der Waals surface area (Å²) in [7, 11) is 1.93. The number of nitrogens with zero attached hydrogens (tertiary/aromatic N) is 4. The van der Waals surface area contributed by atoms with Crippen LogP contribution < -0.4 is 15.0 Å². The van der Waals surface area contributed by atoms with Crippen molar-refractivity contribution in [3.8, 4) is 5.75 Å². The number of carbonyl (C=O) groups is 1. The first kappa shape index (κ1) is 25.6. The maximum Gasteiger partial charge on any atom is 0.416 e. The van der Waals surface area contributed by atoms with Crippen molar-refractivity contribution >= 4 is 11.6 Å². The third-order valence-electron chi connectivity index (χ3n) is 9.33. The first-order valence-electron chi connectivity index (χ1n) is 14.0. The maximum absolute atomic E-state index is 14.3. The molecule has 2 aliphatic heterocycles. The number of benzene rings is 2. The van der Waals surface area contributed by atoms with E-state index in [1.165, 1.54) is 11.0 Å². The lowest BCUT2D eigenvalue weighted by molar-refractivity contribution is -0.138. The van der Waals surface area contributed by atoms with Gasteiger partial charge in [0.05, 0.1) is 29.8 Å². The van der Waals surface area contributed by atoms with Crippen LogP contribution in [0.3, 0.4) is 0 Å². The van der Waals surface area contributed by atoms with Crippen LogP contribution in [0, 0.1) is 0 Å². The number of hydrogen-bond donors (Lipinski definition) is 1. The number of amides is 1. The van der Waals surface area contributed by atoms with E-state index in [1.807, 2.05) is 17.7 Å². The first-order valence-corrected chi connectivity index (χ1v) is 14.0. The Bertz CT molecular complexity index is 1520. The van der Waals surface area contributed by atoms with Crippen molar-refractivity contribution in [3.63, 3.8) is 0 Å². The highest BCUT2D eigenvalue weighted by Gasteiger charge is 2.45. The molecule has 7 rings (SSSR count). The summed E-state index contributed by atoms with van der Waals surface area (Å²) < 4.78 is 50.9. The van der Waals surface area contributed by atoms with E-state index in [1.54, 1.807) is 12.4 Å². The SMILES string of the molecule is Cn1cnnc1C1(c2cc3c(c(N4Cc5c(cc(CNC6(C)CC6)cc5C(F)(F)F)C4=O)c2)OCC3)CCCC1. The predicted molar refractivity (Wildman–Crippen MR) is 142 cm³/mol. The number of hydrogen-bond acceptors (Lipinski definition) is 5. The normalized spacial score (nSPS) is 20.5. The molecular weight excluding hydrogens is 519 g/mol. The molecule has 1 amide bonds. The van der Waals surface area contributed by atoms with Crippen molar-refractivity contribution in [3.05, 3.63) is 69.8 Å². The highest BCUT2D eigenvalue weighted by atomic mass is 19.4. The van der Waals surface area contributed by atoms with Crippen LogP contribution in [0.1, 0.15) is 89.4 Å². The zero-order chi connectivity index (χ0) is 27.9. The van der Waals surface area contributed by atoms with E-state index >= 15 is 0 Å². The molecule has 2 aromatic carbocycles. The largest absolute Gasteiger partial charge is 0.491 e. The molecule has 2 fully saturated rings. The molecule has 1 N–H and O–H groups in total. The van der Waals surface area contributed by atoms with Gasteiger partial charge in [-0.3, -0.25) is 4.79 Å². The van der Waals surface area contributed by atoms with Crippen molar-refractivity contribution in [2.45, 2.75) is 82.1 Å². The topological polar surface area (TPSA) is 72.3 Å². The zero-order valence-electron chi connectivity index (χ0n) is 22.7. The lowest BCUT2D eigenvalue weighted by atomic mass is 9.77. The lowest BCUT2D eigenvalue weighted by Crippen LogP contribution is -2.29. The average Bonchev–Trinajstić information content (AvgIpc) is 3.43.